The third-order valence-electron chi connectivity index (χ3n) is 2.71. The second kappa shape index (κ2) is 5.83. The zero-order valence-corrected chi connectivity index (χ0v) is 9.73. The molecule has 1 aromatic rings. The Labute approximate surface area is 91.7 Å². The van der Waals surface area contributed by atoms with E-state index in [2.05, 4.69) is 18.0 Å². The molecule has 0 fully saturated rings. The highest BCUT2D eigenvalue weighted by Crippen LogP contribution is 2.05. The summed E-state index contributed by atoms with van der Waals surface area (Å²) in [5.74, 6) is 0. The standard InChI is InChI=1S/C12H20N2O/c1-4-10-5-6-11(14-8-10)7-12(13)9(2)15-3/h5-6,8-9,12H,4,7,13H2,1-3H3. The molecule has 1 heterocycles. The summed E-state index contributed by atoms with van der Waals surface area (Å²) >= 11 is 0. The summed E-state index contributed by atoms with van der Waals surface area (Å²) in [6.45, 7) is 4.10. The Kier molecular flexibility index (Phi) is 4.72. The van der Waals surface area contributed by atoms with Gasteiger partial charge in [-0.05, 0) is 25.0 Å². The molecule has 3 nitrogen and oxygen atoms in total. The first kappa shape index (κ1) is 12.1. The van der Waals surface area contributed by atoms with Gasteiger partial charge in [0.1, 0.15) is 0 Å². The van der Waals surface area contributed by atoms with Gasteiger partial charge in [0.25, 0.3) is 0 Å². The maximum Gasteiger partial charge on any atom is 0.0697 e. The molecular weight excluding hydrogens is 188 g/mol. The fourth-order valence-electron chi connectivity index (χ4n) is 1.37. The third kappa shape index (κ3) is 3.61. The Bertz CT molecular complexity index is 284. The van der Waals surface area contributed by atoms with Gasteiger partial charge >= 0.3 is 0 Å². The number of aryl methyl sites for hydroxylation is 1. The van der Waals surface area contributed by atoms with E-state index in [1.54, 1.807) is 7.11 Å². The van der Waals surface area contributed by atoms with Crippen molar-refractivity contribution in [1.82, 2.24) is 4.98 Å². The van der Waals surface area contributed by atoms with Crippen molar-refractivity contribution in [2.24, 2.45) is 5.73 Å². The van der Waals surface area contributed by atoms with Crippen molar-refractivity contribution in [3.05, 3.63) is 29.6 Å². The van der Waals surface area contributed by atoms with E-state index in [4.69, 9.17) is 10.5 Å². The van der Waals surface area contributed by atoms with Crippen LogP contribution in [-0.2, 0) is 17.6 Å². The SMILES string of the molecule is CCc1ccc(CC(N)C(C)OC)nc1. The number of hydrogen-bond donors (Lipinski definition) is 1. The van der Waals surface area contributed by atoms with E-state index in [0.29, 0.717) is 0 Å². The van der Waals surface area contributed by atoms with Crippen molar-refractivity contribution in [3.8, 4) is 0 Å². The fourth-order valence-corrected chi connectivity index (χ4v) is 1.37. The number of nitrogens with zero attached hydrogens (tertiary/aromatic N) is 1. The van der Waals surface area contributed by atoms with Gasteiger partial charge in [-0.15, -0.1) is 0 Å². The Hall–Kier alpha value is -0.930. The molecule has 1 rings (SSSR count). The summed E-state index contributed by atoms with van der Waals surface area (Å²) in [6.07, 6.45) is 3.77. The topological polar surface area (TPSA) is 48.1 Å². The van der Waals surface area contributed by atoms with Gasteiger partial charge in [-0.3, -0.25) is 4.98 Å². The van der Waals surface area contributed by atoms with Crippen LogP contribution in [0.1, 0.15) is 25.1 Å². The van der Waals surface area contributed by atoms with Crippen molar-refractivity contribution < 1.29 is 4.74 Å². The molecule has 2 unspecified atom stereocenters. The van der Waals surface area contributed by atoms with Crippen LogP contribution in [0.4, 0.5) is 0 Å². The van der Waals surface area contributed by atoms with E-state index in [0.717, 1.165) is 18.5 Å². The van der Waals surface area contributed by atoms with E-state index < -0.39 is 0 Å². The molecule has 0 amide bonds. The first-order chi connectivity index (χ1) is 7.17. The number of ether oxygens (including phenoxy) is 1. The van der Waals surface area contributed by atoms with E-state index in [-0.39, 0.29) is 12.1 Å². The second-order valence-electron chi connectivity index (χ2n) is 3.82. The predicted molar refractivity (Wildman–Crippen MR) is 61.8 cm³/mol. The van der Waals surface area contributed by atoms with Crippen LogP contribution in [0, 0.1) is 0 Å². The van der Waals surface area contributed by atoms with Gasteiger partial charge in [0.05, 0.1) is 6.10 Å². The van der Waals surface area contributed by atoms with Crippen molar-refractivity contribution in [2.45, 2.75) is 38.8 Å². The van der Waals surface area contributed by atoms with E-state index in [9.17, 15) is 0 Å². The Balaban J connectivity index is 2.57. The zero-order chi connectivity index (χ0) is 11.3. The predicted octanol–water partition coefficient (Wildman–Crippen LogP) is 1.55. The largest absolute Gasteiger partial charge is 0.380 e. The summed E-state index contributed by atoms with van der Waals surface area (Å²) in [7, 11) is 1.68. The number of aromatic nitrogens is 1. The van der Waals surface area contributed by atoms with Gasteiger partial charge in [0.15, 0.2) is 0 Å². The normalized spacial score (nSPS) is 14.9. The van der Waals surface area contributed by atoms with Crippen molar-refractivity contribution in [1.29, 1.82) is 0 Å². The van der Waals surface area contributed by atoms with Crippen LogP contribution in [0.2, 0.25) is 0 Å². The molecule has 0 aliphatic heterocycles. The summed E-state index contributed by atoms with van der Waals surface area (Å²) in [6, 6.07) is 4.16. The Morgan fingerprint density at radius 1 is 1.47 bits per heavy atom. The summed E-state index contributed by atoms with van der Waals surface area (Å²) < 4.78 is 5.18. The molecule has 2 atom stereocenters. The van der Waals surface area contributed by atoms with Crippen LogP contribution in [-0.4, -0.2) is 24.2 Å². The molecule has 15 heavy (non-hydrogen) atoms. The van der Waals surface area contributed by atoms with Crippen LogP contribution < -0.4 is 5.73 Å². The molecule has 84 valence electrons. The molecule has 0 spiro atoms. The zero-order valence-electron chi connectivity index (χ0n) is 9.73. The molecule has 0 radical (unpaired) electrons. The lowest BCUT2D eigenvalue weighted by molar-refractivity contribution is 0.0953. The van der Waals surface area contributed by atoms with E-state index in [1.807, 2.05) is 19.2 Å². The highest BCUT2D eigenvalue weighted by atomic mass is 16.5. The van der Waals surface area contributed by atoms with Crippen LogP contribution in [0.25, 0.3) is 0 Å². The molecule has 1 aromatic heterocycles. The monoisotopic (exact) mass is 208 g/mol. The van der Waals surface area contributed by atoms with Crippen molar-refractivity contribution >= 4 is 0 Å². The maximum absolute atomic E-state index is 5.97. The smallest absolute Gasteiger partial charge is 0.0697 e. The molecule has 0 bridgehead atoms. The number of rotatable bonds is 5. The highest BCUT2D eigenvalue weighted by Gasteiger charge is 2.12. The maximum atomic E-state index is 5.97. The lowest BCUT2D eigenvalue weighted by Gasteiger charge is -2.17. The average molecular weight is 208 g/mol. The van der Waals surface area contributed by atoms with Gasteiger partial charge < -0.3 is 10.5 Å². The molecule has 0 aliphatic rings. The number of pyridine rings is 1. The number of methoxy groups -OCH3 is 1. The third-order valence-corrected chi connectivity index (χ3v) is 2.71. The van der Waals surface area contributed by atoms with Crippen molar-refractivity contribution in [3.63, 3.8) is 0 Å². The van der Waals surface area contributed by atoms with Gasteiger partial charge in [0.2, 0.25) is 0 Å². The lowest BCUT2D eigenvalue weighted by Crippen LogP contribution is -2.36. The highest BCUT2D eigenvalue weighted by molar-refractivity contribution is 5.14. The van der Waals surface area contributed by atoms with Gasteiger partial charge in [0, 0.05) is 31.5 Å². The molecule has 0 aromatic carbocycles. The van der Waals surface area contributed by atoms with E-state index >= 15 is 0 Å². The summed E-state index contributed by atoms with van der Waals surface area (Å²) in [5, 5.41) is 0. The van der Waals surface area contributed by atoms with Crippen LogP contribution in [0.3, 0.4) is 0 Å². The average Bonchev–Trinajstić information content (AvgIpc) is 2.29. The van der Waals surface area contributed by atoms with Crippen LogP contribution in [0.15, 0.2) is 18.3 Å². The molecule has 0 aliphatic carbocycles. The minimum Gasteiger partial charge on any atom is -0.380 e. The van der Waals surface area contributed by atoms with Gasteiger partial charge in [-0.1, -0.05) is 13.0 Å². The van der Waals surface area contributed by atoms with Crippen LogP contribution in [0.5, 0.6) is 0 Å². The quantitative estimate of drug-likeness (QED) is 0.798. The molecular formula is C12H20N2O. The molecule has 0 saturated carbocycles. The molecule has 3 heteroatoms. The van der Waals surface area contributed by atoms with Gasteiger partial charge in [-0.2, -0.15) is 0 Å². The summed E-state index contributed by atoms with van der Waals surface area (Å²) in [4.78, 5) is 4.37. The fraction of sp³-hybridized carbons (Fsp3) is 0.583. The Morgan fingerprint density at radius 2 is 2.20 bits per heavy atom. The lowest BCUT2D eigenvalue weighted by atomic mass is 10.1. The first-order valence-corrected chi connectivity index (χ1v) is 5.39. The van der Waals surface area contributed by atoms with Gasteiger partial charge in [-0.25, -0.2) is 0 Å². The minimum absolute atomic E-state index is 0.00924. The van der Waals surface area contributed by atoms with Crippen LogP contribution >= 0.6 is 0 Å². The Morgan fingerprint density at radius 3 is 2.67 bits per heavy atom. The first-order valence-electron chi connectivity index (χ1n) is 5.39. The molecule has 0 saturated heterocycles. The summed E-state index contributed by atoms with van der Waals surface area (Å²) in [5.41, 5.74) is 8.25. The minimum atomic E-state index is 0.00924. The van der Waals surface area contributed by atoms with Crippen molar-refractivity contribution in [2.75, 3.05) is 7.11 Å². The second-order valence-corrected chi connectivity index (χ2v) is 3.82. The van der Waals surface area contributed by atoms with E-state index in [1.165, 1.54) is 5.56 Å². The number of hydrogen-bond acceptors (Lipinski definition) is 3. The number of nitrogens with two attached hydrogens (primary N) is 1. The molecule has 2 N–H and O–H groups in total.